The average molecular weight is 226 g/mol. The predicted molar refractivity (Wildman–Crippen MR) is 57.7 cm³/mol. The van der Waals surface area contributed by atoms with Gasteiger partial charge in [-0.1, -0.05) is 6.42 Å². The molecule has 2 atom stereocenters. The van der Waals surface area contributed by atoms with E-state index in [4.69, 9.17) is 10.8 Å². The van der Waals surface area contributed by atoms with Gasteiger partial charge in [0, 0.05) is 6.04 Å². The Kier molecular flexibility index (Phi) is 2.88. The summed E-state index contributed by atoms with van der Waals surface area (Å²) in [5.41, 5.74) is 5.16. The van der Waals surface area contributed by atoms with Crippen LogP contribution in [0.15, 0.2) is 0 Å². The van der Waals surface area contributed by atoms with Crippen LogP contribution in [-0.2, 0) is 9.59 Å². The summed E-state index contributed by atoms with van der Waals surface area (Å²) < 4.78 is 0. The first kappa shape index (κ1) is 11.4. The lowest BCUT2D eigenvalue weighted by atomic mass is 9.77. The average Bonchev–Trinajstić information content (AvgIpc) is 2.62. The first-order valence-electron chi connectivity index (χ1n) is 5.85. The molecule has 0 radical (unpaired) electrons. The maximum atomic E-state index is 11.8. The van der Waals surface area contributed by atoms with E-state index in [1.165, 1.54) is 0 Å². The van der Waals surface area contributed by atoms with Crippen LogP contribution in [-0.4, -0.2) is 28.6 Å². The Morgan fingerprint density at radius 3 is 2.44 bits per heavy atom. The number of carboxylic acid groups (broad SMARTS) is 1. The molecular weight excluding hydrogens is 208 g/mol. The second-order valence-corrected chi connectivity index (χ2v) is 4.97. The Labute approximate surface area is 94.4 Å². The van der Waals surface area contributed by atoms with Gasteiger partial charge in [-0.2, -0.15) is 0 Å². The van der Waals surface area contributed by atoms with Gasteiger partial charge in [0.2, 0.25) is 5.91 Å². The molecule has 0 aromatic carbocycles. The largest absolute Gasteiger partial charge is 0.481 e. The van der Waals surface area contributed by atoms with Crippen LogP contribution >= 0.6 is 0 Å². The van der Waals surface area contributed by atoms with Crippen LogP contribution in [0.2, 0.25) is 0 Å². The van der Waals surface area contributed by atoms with Crippen molar-refractivity contribution in [1.29, 1.82) is 0 Å². The van der Waals surface area contributed by atoms with E-state index >= 15 is 0 Å². The summed E-state index contributed by atoms with van der Waals surface area (Å²) >= 11 is 0. The van der Waals surface area contributed by atoms with Crippen molar-refractivity contribution in [2.75, 3.05) is 0 Å². The smallest absolute Gasteiger partial charge is 0.308 e. The van der Waals surface area contributed by atoms with Crippen molar-refractivity contribution in [1.82, 2.24) is 5.32 Å². The minimum absolute atomic E-state index is 0.170. The highest BCUT2D eigenvalue weighted by molar-refractivity contribution is 5.87. The predicted octanol–water partition coefficient (Wildman–Crippen LogP) is 0.237. The maximum Gasteiger partial charge on any atom is 0.308 e. The molecule has 4 N–H and O–H groups in total. The molecule has 2 rings (SSSR count). The molecule has 0 aliphatic heterocycles. The number of rotatable bonds is 3. The van der Waals surface area contributed by atoms with Gasteiger partial charge >= 0.3 is 5.97 Å². The van der Waals surface area contributed by atoms with Crippen LogP contribution in [0.4, 0.5) is 0 Å². The molecular formula is C11H18N2O3. The lowest BCUT2D eigenvalue weighted by Crippen LogP contribution is -2.60. The monoisotopic (exact) mass is 226 g/mol. The minimum Gasteiger partial charge on any atom is -0.481 e. The lowest BCUT2D eigenvalue weighted by molar-refractivity contribution is -0.142. The molecule has 5 heteroatoms. The van der Waals surface area contributed by atoms with Crippen LogP contribution in [0.25, 0.3) is 0 Å². The summed E-state index contributed by atoms with van der Waals surface area (Å²) in [6.45, 7) is 0. The lowest BCUT2D eigenvalue weighted by Gasteiger charge is -2.37. The fraction of sp³-hybridized carbons (Fsp3) is 0.818. The zero-order valence-electron chi connectivity index (χ0n) is 9.24. The van der Waals surface area contributed by atoms with E-state index in [1.54, 1.807) is 0 Å². The molecule has 0 heterocycles. The van der Waals surface area contributed by atoms with Crippen molar-refractivity contribution in [2.24, 2.45) is 11.7 Å². The zero-order valence-corrected chi connectivity index (χ0v) is 9.24. The van der Waals surface area contributed by atoms with Crippen LogP contribution in [0.3, 0.4) is 0 Å². The number of aliphatic carboxylic acids is 1. The third kappa shape index (κ3) is 1.91. The Balaban J connectivity index is 1.93. The van der Waals surface area contributed by atoms with Gasteiger partial charge < -0.3 is 16.2 Å². The van der Waals surface area contributed by atoms with Gasteiger partial charge in [-0.3, -0.25) is 9.59 Å². The number of hydrogen-bond acceptors (Lipinski definition) is 3. The topological polar surface area (TPSA) is 92.4 Å². The number of amides is 1. The normalized spacial score (nSPS) is 31.8. The van der Waals surface area contributed by atoms with Gasteiger partial charge in [-0.25, -0.2) is 0 Å². The standard InChI is InChI=1S/C11H18N2O3/c12-11(5-2-6-11)10(16)13-8-4-1-3-7(8)9(14)15/h7-8H,1-6,12H2,(H,13,16)(H,14,15). The molecule has 5 nitrogen and oxygen atoms in total. The molecule has 0 bridgehead atoms. The van der Waals surface area contributed by atoms with Gasteiger partial charge in [-0.05, 0) is 32.1 Å². The number of carboxylic acids is 1. The van der Waals surface area contributed by atoms with Gasteiger partial charge in [0.25, 0.3) is 0 Å². The maximum absolute atomic E-state index is 11.8. The van der Waals surface area contributed by atoms with Crippen LogP contribution in [0, 0.1) is 5.92 Å². The van der Waals surface area contributed by atoms with E-state index in [9.17, 15) is 9.59 Å². The molecule has 0 saturated heterocycles. The SMILES string of the molecule is NC1(C(=O)NC2CCCC2C(=O)O)CCC1. The fourth-order valence-electron chi connectivity index (χ4n) is 2.53. The first-order chi connectivity index (χ1) is 7.53. The van der Waals surface area contributed by atoms with Crippen LogP contribution in [0.5, 0.6) is 0 Å². The number of hydrogen-bond donors (Lipinski definition) is 3. The molecule has 0 spiro atoms. The van der Waals surface area contributed by atoms with Crippen molar-refractivity contribution >= 4 is 11.9 Å². The highest BCUT2D eigenvalue weighted by Gasteiger charge is 2.43. The van der Waals surface area contributed by atoms with Crippen molar-refractivity contribution < 1.29 is 14.7 Å². The molecule has 90 valence electrons. The molecule has 2 aliphatic carbocycles. The van der Waals surface area contributed by atoms with E-state index in [0.717, 1.165) is 19.3 Å². The summed E-state index contributed by atoms with van der Waals surface area (Å²) in [6.07, 6.45) is 4.67. The Morgan fingerprint density at radius 1 is 1.25 bits per heavy atom. The minimum atomic E-state index is -0.817. The number of carbonyl (C=O) groups excluding carboxylic acids is 1. The van der Waals surface area contributed by atoms with Crippen molar-refractivity contribution in [3.63, 3.8) is 0 Å². The van der Waals surface area contributed by atoms with Crippen molar-refractivity contribution in [2.45, 2.75) is 50.1 Å². The number of nitrogens with one attached hydrogen (secondary N) is 1. The van der Waals surface area contributed by atoms with Gasteiger partial charge in [0.15, 0.2) is 0 Å². The highest BCUT2D eigenvalue weighted by atomic mass is 16.4. The van der Waals surface area contributed by atoms with Gasteiger partial charge in [0.1, 0.15) is 0 Å². The van der Waals surface area contributed by atoms with Crippen molar-refractivity contribution in [3.05, 3.63) is 0 Å². The van der Waals surface area contributed by atoms with Crippen LogP contribution in [0.1, 0.15) is 38.5 Å². The zero-order chi connectivity index (χ0) is 11.8. The Morgan fingerprint density at radius 2 is 1.94 bits per heavy atom. The molecule has 2 saturated carbocycles. The quantitative estimate of drug-likeness (QED) is 0.642. The molecule has 16 heavy (non-hydrogen) atoms. The second kappa shape index (κ2) is 4.05. The van der Waals surface area contributed by atoms with Gasteiger partial charge in [0.05, 0.1) is 11.5 Å². The molecule has 0 aromatic rings. The Hall–Kier alpha value is -1.10. The summed E-state index contributed by atoms with van der Waals surface area (Å²) in [6, 6.07) is -0.231. The molecule has 0 aromatic heterocycles. The highest BCUT2D eigenvalue weighted by Crippen LogP contribution is 2.31. The van der Waals surface area contributed by atoms with E-state index < -0.39 is 17.4 Å². The van der Waals surface area contributed by atoms with E-state index in [2.05, 4.69) is 5.32 Å². The third-order valence-electron chi connectivity index (χ3n) is 3.85. The summed E-state index contributed by atoms with van der Waals surface area (Å²) in [5.74, 6) is -1.42. The molecule has 2 unspecified atom stereocenters. The van der Waals surface area contributed by atoms with E-state index in [0.29, 0.717) is 19.3 Å². The van der Waals surface area contributed by atoms with E-state index in [1.807, 2.05) is 0 Å². The Bertz CT molecular complexity index is 312. The van der Waals surface area contributed by atoms with Crippen molar-refractivity contribution in [3.8, 4) is 0 Å². The van der Waals surface area contributed by atoms with Gasteiger partial charge in [-0.15, -0.1) is 0 Å². The number of nitrogens with two attached hydrogens (primary N) is 1. The van der Waals surface area contributed by atoms with E-state index in [-0.39, 0.29) is 11.9 Å². The van der Waals surface area contributed by atoms with Crippen LogP contribution < -0.4 is 11.1 Å². The summed E-state index contributed by atoms with van der Waals surface area (Å²) in [5, 5.41) is 11.8. The summed E-state index contributed by atoms with van der Waals surface area (Å²) in [7, 11) is 0. The molecule has 1 amide bonds. The third-order valence-corrected chi connectivity index (χ3v) is 3.85. The second-order valence-electron chi connectivity index (χ2n) is 4.97. The first-order valence-corrected chi connectivity index (χ1v) is 5.85. The fourth-order valence-corrected chi connectivity index (χ4v) is 2.53. The molecule has 2 fully saturated rings. The molecule has 2 aliphatic rings. The summed E-state index contributed by atoms with van der Waals surface area (Å²) in [4.78, 5) is 22.8. The number of carbonyl (C=O) groups is 2.